The highest BCUT2D eigenvalue weighted by Gasteiger charge is 2.03. The van der Waals surface area contributed by atoms with Crippen molar-refractivity contribution in [2.75, 3.05) is 0 Å². The van der Waals surface area contributed by atoms with Gasteiger partial charge in [-0.15, -0.1) is 0 Å². The molecule has 68 valence electrons. The molecule has 0 spiro atoms. The second-order valence-electron chi connectivity index (χ2n) is 3.21. The normalized spacial score (nSPS) is 11.2. The van der Waals surface area contributed by atoms with Crippen LogP contribution in [0.4, 0.5) is 0 Å². The van der Waals surface area contributed by atoms with E-state index in [2.05, 4.69) is 9.97 Å². The van der Waals surface area contributed by atoms with Crippen LogP contribution in [-0.4, -0.2) is 9.97 Å². The second-order valence-corrected chi connectivity index (χ2v) is 3.65. The quantitative estimate of drug-likeness (QED) is 0.595. The summed E-state index contributed by atoms with van der Waals surface area (Å²) in [6.45, 7) is 0. The third kappa shape index (κ3) is 1.01. The Bertz CT molecular complexity index is 613. The largest absolute Gasteiger partial charge is 0.339 e. The maximum absolute atomic E-state index is 5.94. The molecule has 3 heteroatoms. The molecule has 0 aliphatic heterocycles. The monoisotopic (exact) mass is 202 g/mol. The van der Waals surface area contributed by atoms with Gasteiger partial charge in [-0.25, -0.2) is 4.98 Å². The van der Waals surface area contributed by atoms with Crippen molar-refractivity contribution in [2.24, 2.45) is 0 Å². The lowest BCUT2D eigenvalue weighted by atomic mass is 10.2. The van der Waals surface area contributed by atoms with Crippen LogP contribution < -0.4 is 0 Å². The number of aromatic amines is 1. The molecule has 0 aliphatic rings. The fraction of sp³-hybridized carbons (Fsp3) is 0. The van der Waals surface area contributed by atoms with Crippen LogP contribution in [0.2, 0.25) is 5.02 Å². The number of nitrogens with one attached hydrogen (secondary N) is 1. The third-order valence-corrected chi connectivity index (χ3v) is 2.57. The molecule has 0 bridgehead atoms. The summed E-state index contributed by atoms with van der Waals surface area (Å²) in [6, 6.07) is 9.77. The molecular formula is C11H7ClN2. The Morgan fingerprint density at radius 2 is 2.07 bits per heavy atom. The molecule has 1 aromatic carbocycles. The molecule has 14 heavy (non-hydrogen) atoms. The molecule has 3 aromatic rings. The summed E-state index contributed by atoms with van der Waals surface area (Å²) in [5.74, 6) is 0. The van der Waals surface area contributed by atoms with Crippen molar-refractivity contribution in [3.05, 3.63) is 41.6 Å². The highest BCUT2D eigenvalue weighted by molar-refractivity contribution is 6.31. The van der Waals surface area contributed by atoms with Crippen molar-refractivity contribution in [2.45, 2.75) is 0 Å². The van der Waals surface area contributed by atoms with Crippen LogP contribution >= 0.6 is 11.6 Å². The lowest BCUT2D eigenvalue weighted by Gasteiger charge is -1.90. The molecule has 0 fully saturated rings. The van der Waals surface area contributed by atoms with Crippen LogP contribution in [0.1, 0.15) is 0 Å². The zero-order valence-corrected chi connectivity index (χ0v) is 8.05. The molecule has 3 rings (SSSR count). The average Bonchev–Trinajstić information content (AvgIpc) is 2.56. The molecule has 0 amide bonds. The molecule has 0 saturated heterocycles. The van der Waals surface area contributed by atoms with Gasteiger partial charge in [-0.05, 0) is 30.3 Å². The number of H-pyrrole nitrogens is 1. The Kier molecular flexibility index (Phi) is 1.52. The van der Waals surface area contributed by atoms with Crippen LogP contribution in [0.25, 0.3) is 21.9 Å². The Labute approximate surface area is 85.5 Å². The van der Waals surface area contributed by atoms with Crippen LogP contribution in [0.5, 0.6) is 0 Å². The number of hydrogen-bond acceptors (Lipinski definition) is 1. The molecular weight excluding hydrogens is 196 g/mol. The minimum Gasteiger partial charge on any atom is -0.339 e. The van der Waals surface area contributed by atoms with Gasteiger partial charge in [0.15, 0.2) is 0 Å². The molecule has 2 aromatic heterocycles. The lowest BCUT2D eigenvalue weighted by Crippen LogP contribution is -1.71. The lowest BCUT2D eigenvalue weighted by molar-refractivity contribution is 1.35. The molecule has 0 aliphatic carbocycles. The third-order valence-electron chi connectivity index (χ3n) is 2.33. The Balaban J connectivity index is 2.58. The highest BCUT2D eigenvalue weighted by Crippen LogP contribution is 2.26. The first kappa shape index (κ1) is 7.83. The number of pyridine rings is 1. The van der Waals surface area contributed by atoms with Crippen molar-refractivity contribution < 1.29 is 0 Å². The van der Waals surface area contributed by atoms with Gasteiger partial charge in [-0.3, -0.25) is 0 Å². The summed E-state index contributed by atoms with van der Waals surface area (Å²) in [6.07, 6.45) is 1.78. The van der Waals surface area contributed by atoms with Gasteiger partial charge in [0.2, 0.25) is 0 Å². The summed E-state index contributed by atoms with van der Waals surface area (Å²) >= 11 is 5.94. The van der Waals surface area contributed by atoms with E-state index < -0.39 is 0 Å². The standard InChI is InChI=1S/C11H7ClN2/c12-7-3-4-10-9(6-7)8-2-1-5-13-11(8)14-10/h1-6H,(H,13,14). The molecule has 0 unspecified atom stereocenters. The SMILES string of the molecule is Clc1ccc2[nH]c3ncccc3c2c1. The number of rotatable bonds is 0. The number of nitrogens with zero attached hydrogens (tertiary/aromatic N) is 1. The number of aromatic nitrogens is 2. The number of fused-ring (bicyclic) bond motifs is 3. The maximum Gasteiger partial charge on any atom is 0.138 e. The summed E-state index contributed by atoms with van der Waals surface area (Å²) in [5.41, 5.74) is 1.98. The predicted octanol–water partition coefficient (Wildman–Crippen LogP) is 3.37. The minimum absolute atomic E-state index is 0.752. The smallest absolute Gasteiger partial charge is 0.138 e. The zero-order chi connectivity index (χ0) is 9.54. The number of hydrogen-bond donors (Lipinski definition) is 1. The topological polar surface area (TPSA) is 28.7 Å². The second kappa shape index (κ2) is 2.72. The van der Waals surface area contributed by atoms with Gasteiger partial charge >= 0.3 is 0 Å². The van der Waals surface area contributed by atoms with E-state index in [1.54, 1.807) is 6.20 Å². The van der Waals surface area contributed by atoms with Gasteiger partial charge in [0, 0.05) is 27.5 Å². The van der Waals surface area contributed by atoms with E-state index >= 15 is 0 Å². The van der Waals surface area contributed by atoms with E-state index in [0.29, 0.717) is 0 Å². The zero-order valence-electron chi connectivity index (χ0n) is 7.29. The summed E-state index contributed by atoms with van der Waals surface area (Å²) in [4.78, 5) is 7.48. The summed E-state index contributed by atoms with van der Waals surface area (Å²) < 4.78 is 0. The van der Waals surface area contributed by atoms with Gasteiger partial charge in [0.1, 0.15) is 5.65 Å². The van der Waals surface area contributed by atoms with Crippen LogP contribution in [0.15, 0.2) is 36.5 Å². The van der Waals surface area contributed by atoms with Crippen molar-refractivity contribution in [3.8, 4) is 0 Å². The molecule has 0 radical (unpaired) electrons. The van der Waals surface area contributed by atoms with Crippen molar-refractivity contribution in [1.29, 1.82) is 0 Å². The van der Waals surface area contributed by atoms with Crippen LogP contribution in [-0.2, 0) is 0 Å². The van der Waals surface area contributed by atoms with E-state index in [9.17, 15) is 0 Å². The van der Waals surface area contributed by atoms with Crippen molar-refractivity contribution in [1.82, 2.24) is 9.97 Å². The molecule has 1 N–H and O–H groups in total. The minimum atomic E-state index is 0.752. The van der Waals surface area contributed by atoms with E-state index in [4.69, 9.17) is 11.6 Å². The Morgan fingerprint density at radius 3 is 3.00 bits per heavy atom. The average molecular weight is 203 g/mol. The Hall–Kier alpha value is -1.54. The van der Waals surface area contributed by atoms with E-state index in [1.807, 2.05) is 30.3 Å². The van der Waals surface area contributed by atoms with E-state index in [-0.39, 0.29) is 0 Å². The molecule has 2 nitrogen and oxygen atoms in total. The summed E-state index contributed by atoms with van der Waals surface area (Å²) in [5, 5.41) is 2.99. The fourth-order valence-corrected chi connectivity index (χ4v) is 1.87. The van der Waals surface area contributed by atoms with Gasteiger partial charge in [-0.2, -0.15) is 0 Å². The molecule has 2 heterocycles. The van der Waals surface area contributed by atoms with Gasteiger partial charge in [0.25, 0.3) is 0 Å². The van der Waals surface area contributed by atoms with Crippen molar-refractivity contribution in [3.63, 3.8) is 0 Å². The van der Waals surface area contributed by atoms with Gasteiger partial charge in [0.05, 0.1) is 0 Å². The first-order valence-electron chi connectivity index (χ1n) is 4.36. The Morgan fingerprint density at radius 1 is 1.14 bits per heavy atom. The molecule has 0 atom stereocenters. The first-order valence-corrected chi connectivity index (χ1v) is 4.74. The molecule has 0 saturated carbocycles. The van der Waals surface area contributed by atoms with Crippen LogP contribution in [0, 0.1) is 0 Å². The van der Waals surface area contributed by atoms with Gasteiger partial charge in [-0.1, -0.05) is 11.6 Å². The van der Waals surface area contributed by atoms with E-state index in [1.165, 1.54) is 0 Å². The van der Waals surface area contributed by atoms with Gasteiger partial charge < -0.3 is 4.98 Å². The predicted molar refractivity (Wildman–Crippen MR) is 58.6 cm³/mol. The van der Waals surface area contributed by atoms with Crippen LogP contribution in [0.3, 0.4) is 0 Å². The number of benzene rings is 1. The fourth-order valence-electron chi connectivity index (χ4n) is 1.70. The first-order chi connectivity index (χ1) is 6.84. The summed E-state index contributed by atoms with van der Waals surface area (Å²) in [7, 11) is 0. The highest BCUT2D eigenvalue weighted by atomic mass is 35.5. The van der Waals surface area contributed by atoms with Crippen molar-refractivity contribution >= 4 is 33.5 Å². The van der Waals surface area contributed by atoms with E-state index in [0.717, 1.165) is 27.0 Å². The number of halogens is 1. The maximum atomic E-state index is 5.94.